The van der Waals surface area contributed by atoms with Crippen molar-refractivity contribution in [3.8, 4) is 0 Å². The minimum Gasteiger partial charge on any atom is -0.461 e. The Morgan fingerprint density at radius 3 is 2.95 bits per heavy atom. The third kappa shape index (κ3) is 4.02. The molecule has 0 aliphatic rings. The van der Waals surface area contributed by atoms with Crippen LogP contribution in [0.3, 0.4) is 0 Å². The number of esters is 1. The van der Waals surface area contributed by atoms with E-state index in [1.54, 1.807) is 18.9 Å². The molecule has 0 spiro atoms. The van der Waals surface area contributed by atoms with Crippen molar-refractivity contribution < 1.29 is 13.9 Å². The summed E-state index contributed by atoms with van der Waals surface area (Å²) in [7, 11) is 1.78. The number of rotatable bonds is 6. The van der Waals surface area contributed by atoms with Gasteiger partial charge in [-0.25, -0.2) is 19.2 Å². The molecule has 2 aromatic heterocycles. The second-order valence-electron chi connectivity index (χ2n) is 4.68. The zero-order chi connectivity index (χ0) is 16.1. The molecule has 2 rings (SSSR count). The normalized spacial score (nSPS) is 11.0. The number of aromatic nitrogens is 3. The molecule has 22 heavy (non-hydrogen) atoms. The topological polar surface area (TPSA) is 71.1 Å². The predicted octanol–water partition coefficient (Wildman–Crippen LogP) is 2.41. The Morgan fingerprint density at radius 1 is 1.45 bits per heavy atom. The van der Waals surface area contributed by atoms with Gasteiger partial charge >= 0.3 is 5.97 Å². The smallest absolute Gasteiger partial charge is 0.358 e. The Hall–Kier alpha value is -1.99. The van der Waals surface area contributed by atoms with E-state index >= 15 is 0 Å². The Bertz CT molecular complexity index is 662. The maximum atomic E-state index is 13.7. The van der Waals surface area contributed by atoms with E-state index in [1.807, 2.05) is 0 Å². The molecule has 0 fully saturated rings. The van der Waals surface area contributed by atoms with Gasteiger partial charge in [-0.3, -0.25) is 4.90 Å². The molecule has 2 heterocycles. The first kappa shape index (κ1) is 16.4. The lowest BCUT2D eigenvalue weighted by Gasteiger charge is -2.16. The molecular formula is C14H16ClFN4O2. The van der Waals surface area contributed by atoms with Crippen molar-refractivity contribution in [1.82, 2.24) is 19.9 Å². The molecule has 6 nitrogen and oxygen atoms in total. The highest BCUT2D eigenvalue weighted by molar-refractivity contribution is 6.29. The van der Waals surface area contributed by atoms with Gasteiger partial charge in [0, 0.05) is 13.1 Å². The average molecular weight is 327 g/mol. The van der Waals surface area contributed by atoms with Crippen LogP contribution in [0.4, 0.5) is 4.39 Å². The molecule has 0 unspecified atom stereocenters. The van der Waals surface area contributed by atoms with Crippen LogP contribution in [0.25, 0.3) is 0 Å². The Balaban J connectivity index is 2.06. The van der Waals surface area contributed by atoms with Crippen molar-refractivity contribution in [2.45, 2.75) is 20.0 Å². The van der Waals surface area contributed by atoms with Crippen LogP contribution in [0.5, 0.6) is 0 Å². The minimum atomic E-state index is -0.487. The SMILES string of the molecule is CCOC(=O)c1nc[nH]c1CN(C)Cc1nc(Cl)ccc1F. The number of nitrogens with zero attached hydrogens (tertiary/aromatic N) is 3. The number of hydrogen-bond acceptors (Lipinski definition) is 5. The van der Waals surface area contributed by atoms with Crippen LogP contribution < -0.4 is 0 Å². The maximum absolute atomic E-state index is 13.7. The zero-order valence-corrected chi connectivity index (χ0v) is 13.0. The summed E-state index contributed by atoms with van der Waals surface area (Å²) in [5.41, 5.74) is 1.07. The summed E-state index contributed by atoms with van der Waals surface area (Å²) in [6.45, 7) is 2.61. The third-order valence-corrected chi connectivity index (χ3v) is 3.13. The first-order valence-electron chi connectivity index (χ1n) is 6.70. The Labute approximate surface area is 132 Å². The lowest BCUT2D eigenvalue weighted by molar-refractivity contribution is 0.0517. The van der Waals surface area contributed by atoms with Crippen molar-refractivity contribution in [2.75, 3.05) is 13.7 Å². The highest BCUT2D eigenvalue weighted by Gasteiger charge is 2.17. The molecule has 0 aromatic carbocycles. The van der Waals surface area contributed by atoms with E-state index in [0.29, 0.717) is 12.2 Å². The molecule has 0 radical (unpaired) electrons. The van der Waals surface area contributed by atoms with Crippen LogP contribution >= 0.6 is 11.6 Å². The Morgan fingerprint density at radius 2 is 2.23 bits per heavy atom. The summed E-state index contributed by atoms with van der Waals surface area (Å²) in [6, 6.07) is 2.67. The molecule has 0 aliphatic heterocycles. The summed E-state index contributed by atoms with van der Waals surface area (Å²) < 4.78 is 18.6. The zero-order valence-electron chi connectivity index (χ0n) is 12.3. The summed E-state index contributed by atoms with van der Waals surface area (Å²) in [6.07, 6.45) is 1.42. The largest absolute Gasteiger partial charge is 0.461 e. The van der Waals surface area contributed by atoms with Crippen LogP contribution in [0.1, 0.15) is 28.8 Å². The van der Waals surface area contributed by atoms with Crippen LogP contribution in [-0.2, 0) is 17.8 Å². The van der Waals surface area contributed by atoms with Crippen molar-refractivity contribution in [3.63, 3.8) is 0 Å². The number of carbonyl (C=O) groups is 1. The van der Waals surface area contributed by atoms with Gasteiger partial charge < -0.3 is 9.72 Å². The van der Waals surface area contributed by atoms with Gasteiger partial charge in [-0.05, 0) is 26.1 Å². The number of H-pyrrole nitrogens is 1. The highest BCUT2D eigenvalue weighted by Crippen LogP contribution is 2.14. The lowest BCUT2D eigenvalue weighted by Crippen LogP contribution is -2.21. The number of hydrogen-bond donors (Lipinski definition) is 1. The van der Waals surface area contributed by atoms with Gasteiger partial charge in [0.05, 0.1) is 24.3 Å². The molecule has 0 saturated heterocycles. The third-order valence-electron chi connectivity index (χ3n) is 2.92. The highest BCUT2D eigenvalue weighted by atomic mass is 35.5. The quantitative estimate of drug-likeness (QED) is 0.652. The van der Waals surface area contributed by atoms with E-state index in [4.69, 9.17) is 16.3 Å². The number of aromatic amines is 1. The molecule has 2 aromatic rings. The van der Waals surface area contributed by atoms with Crippen LogP contribution in [-0.4, -0.2) is 39.5 Å². The fourth-order valence-electron chi connectivity index (χ4n) is 1.97. The van der Waals surface area contributed by atoms with Crippen molar-refractivity contribution in [3.05, 3.63) is 46.5 Å². The van der Waals surface area contributed by atoms with Crippen molar-refractivity contribution in [1.29, 1.82) is 0 Å². The monoisotopic (exact) mass is 326 g/mol. The standard InChI is InChI=1S/C14H16ClFN4O2/c1-3-22-14(21)13-11(17-8-18-13)7-20(2)6-10-9(16)4-5-12(15)19-10/h4-5,8H,3,6-7H2,1-2H3,(H,17,18). The summed E-state index contributed by atoms with van der Waals surface area (Å²) >= 11 is 5.77. The summed E-state index contributed by atoms with van der Waals surface area (Å²) in [4.78, 5) is 24.4. The second kappa shape index (κ2) is 7.33. The van der Waals surface area contributed by atoms with Crippen LogP contribution in [0, 0.1) is 5.82 Å². The molecule has 0 atom stereocenters. The van der Waals surface area contributed by atoms with Crippen molar-refractivity contribution >= 4 is 17.6 Å². The summed E-state index contributed by atoms with van der Waals surface area (Å²) in [5, 5.41) is 0.235. The van der Waals surface area contributed by atoms with E-state index in [-0.39, 0.29) is 29.7 Å². The molecule has 8 heteroatoms. The fourth-order valence-corrected chi connectivity index (χ4v) is 2.13. The number of carbonyl (C=O) groups excluding carboxylic acids is 1. The van der Waals surface area contributed by atoms with E-state index in [9.17, 15) is 9.18 Å². The van der Waals surface area contributed by atoms with Gasteiger partial charge in [0.2, 0.25) is 0 Å². The van der Waals surface area contributed by atoms with Crippen LogP contribution in [0.15, 0.2) is 18.5 Å². The average Bonchev–Trinajstić information content (AvgIpc) is 2.91. The van der Waals surface area contributed by atoms with Crippen LogP contribution in [0.2, 0.25) is 5.15 Å². The minimum absolute atomic E-state index is 0.230. The molecule has 0 amide bonds. The van der Waals surface area contributed by atoms with E-state index in [1.165, 1.54) is 18.5 Å². The van der Waals surface area contributed by atoms with E-state index < -0.39 is 11.8 Å². The number of ether oxygens (including phenoxy) is 1. The maximum Gasteiger partial charge on any atom is 0.358 e. The van der Waals surface area contributed by atoms with Gasteiger partial charge in [0.15, 0.2) is 5.69 Å². The first-order valence-corrected chi connectivity index (χ1v) is 7.08. The molecule has 118 valence electrons. The number of halogens is 2. The summed E-state index contributed by atoms with van der Waals surface area (Å²) in [5.74, 6) is -0.911. The van der Waals surface area contributed by atoms with Gasteiger partial charge in [0.1, 0.15) is 11.0 Å². The number of imidazole rings is 1. The van der Waals surface area contributed by atoms with Gasteiger partial charge in [-0.15, -0.1) is 0 Å². The predicted molar refractivity (Wildman–Crippen MR) is 78.9 cm³/mol. The Kier molecular flexibility index (Phi) is 5.46. The molecule has 0 bridgehead atoms. The lowest BCUT2D eigenvalue weighted by atomic mass is 10.2. The van der Waals surface area contributed by atoms with E-state index in [2.05, 4.69) is 15.0 Å². The second-order valence-corrected chi connectivity index (χ2v) is 5.07. The number of nitrogens with one attached hydrogen (secondary N) is 1. The van der Waals surface area contributed by atoms with Gasteiger partial charge in [-0.2, -0.15) is 0 Å². The molecule has 0 aliphatic carbocycles. The van der Waals surface area contributed by atoms with Gasteiger partial charge in [0.25, 0.3) is 0 Å². The van der Waals surface area contributed by atoms with Crippen molar-refractivity contribution in [2.24, 2.45) is 0 Å². The molecule has 0 saturated carbocycles. The number of pyridine rings is 1. The van der Waals surface area contributed by atoms with E-state index in [0.717, 1.165) is 0 Å². The van der Waals surface area contributed by atoms with Gasteiger partial charge in [-0.1, -0.05) is 11.6 Å². The fraction of sp³-hybridized carbons (Fsp3) is 0.357. The molecule has 1 N–H and O–H groups in total. The first-order chi connectivity index (χ1) is 10.5. The molecular weight excluding hydrogens is 311 g/mol.